The third kappa shape index (κ3) is 4.00. The van der Waals surface area contributed by atoms with Crippen LogP contribution in [0.25, 0.3) is 20.7 Å². The van der Waals surface area contributed by atoms with Crippen LogP contribution in [0, 0.1) is 0 Å². The second kappa shape index (κ2) is 8.52. The predicted octanol–water partition coefficient (Wildman–Crippen LogP) is 3.30. The number of benzene rings is 2. The van der Waals surface area contributed by atoms with Crippen molar-refractivity contribution < 1.29 is 24.1 Å². The molecule has 0 saturated heterocycles. The second-order valence-corrected chi connectivity index (χ2v) is 8.29. The molecule has 0 amide bonds. The van der Waals surface area contributed by atoms with Gasteiger partial charge in [-0.3, -0.25) is 9.36 Å². The first-order chi connectivity index (χ1) is 15.6. The zero-order chi connectivity index (χ0) is 22.1. The molecule has 5 rings (SSSR count). The first kappa shape index (κ1) is 20.3. The molecule has 1 aliphatic heterocycles. The molecule has 0 aliphatic carbocycles. The van der Waals surface area contributed by atoms with Gasteiger partial charge < -0.3 is 24.1 Å². The Morgan fingerprint density at radius 2 is 1.91 bits per heavy atom. The fourth-order valence-corrected chi connectivity index (χ4v) is 4.48. The van der Waals surface area contributed by atoms with Crippen molar-refractivity contribution in [3.63, 3.8) is 0 Å². The third-order valence-corrected chi connectivity index (χ3v) is 6.23. The maximum absolute atomic E-state index is 12.9. The number of methoxy groups -OCH3 is 1. The van der Waals surface area contributed by atoms with Gasteiger partial charge in [-0.25, -0.2) is 4.98 Å². The van der Waals surface area contributed by atoms with Crippen molar-refractivity contribution in [2.75, 3.05) is 20.5 Å². The summed E-state index contributed by atoms with van der Waals surface area (Å²) in [5.41, 5.74) is 1.42. The van der Waals surface area contributed by atoms with E-state index >= 15 is 0 Å². The number of nitrogens with zero attached hydrogens (tertiary/aromatic N) is 2. The molecule has 1 N–H and O–H groups in total. The Balaban J connectivity index is 1.29. The molecule has 2 aromatic heterocycles. The number of thiophene rings is 1. The van der Waals surface area contributed by atoms with Crippen LogP contribution < -0.4 is 24.5 Å². The Morgan fingerprint density at radius 3 is 2.72 bits per heavy atom. The van der Waals surface area contributed by atoms with E-state index in [1.165, 1.54) is 22.2 Å². The summed E-state index contributed by atoms with van der Waals surface area (Å²) >= 11 is 1.38. The number of aliphatic hydroxyl groups excluding tert-OH is 1. The molecule has 8 nitrogen and oxygen atoms in total. The van der Waals surface area contributed by atoms with Gasteiger partial charge in [-0.15, -0.1) is 11.3 Å². The van der Waals surface area contributed by atoms with Crippen LogP contribution in [0.5, 0.6) is 23.0 Å². The summed E-state index contributed by atoms with van der Waals surface area (Å²) in [5, 5.41) is 10.4. The van der Waals surface area contributed by atoms with Gasteiger partial charge in [0, 0.05) is 10.9 Å². The van der Waals surface area contributed by atoms with E-state index in [0.717, 1.165) is 16.2 Å². The van der Waals surface area contributed by atoms with Crippen molar-refractivity contribution in [1.82, 2.24) is 9.55 Å². The molecule has 9 heteroatoms. The molecule has 1 aliphatic rings. The van der Waals surface area contributed by atoms with Crippen LogP contribution in [-0.2, 0) is 6.54 Å². The van der Waals surface area contributed by atoms with Gasteiger partial charge in [-0.2, -0.15) is 0 Å². The van der Waals surface area contributed by atoms with Crippen molar-refractivity contribution in [3.05, 3.63) is 65.2 Å². The molecule has 0 radical (unpaired) electrons. The zero-order valence-electron chi connectivity index (χ0n) is 17.2. The number of aromatic nitrogens is 2. The van der Waals surface area contributed by atoms with E-state index in [1.54, 1.807) is 25.3 Å². The van der Waals surface area contributed by atoms with E-state index in [-0.39, 0.29) is 25.5 Å². The predicted molar refractivity (Wildman–Crippen MR) is 120 cm³/mol. The van der Waals surface area contributed by atoms with Crippen LogP contribution in [0.1, 0.15) is 0 Å². The topological polar surface area (TPSA) is 92.0 Å². The quantitative estimate of drug-likeness (QED) is 0.460. The molecular weight excluding hydrogens is 432 g/mol. The smallest absolute Gasteiger partial charge is 0.271 e. The Bertz CT molecular complexity index is 1310. The summed E-state index contributed by atoms with van der Waals surface area (Å²) in [5.74, 6) is 2.59. The molecule has 0 spiro atoms. The van der Waals surface area contributed by atoms with E-state index in [9.17, 15) is 9.90 Å². The van der Waals surface area contributed by atoms with E-state index < -0.39 is 6.10 Å². The van der Waals surface area contributed by atoms with Crippen LogP contribution in [0.4, 0.5) is 0 Å². The molecule has 3 heterocycles. The lowest BCUT2D eigenvalue weighted by Crippen LogP contribution is -2.30. The monoisotopic (exact) mass is 452 g/mol. The fraction of sp³-hybridized carbons (Fsp3) is 0.217. The summed E-state index contributed by atoms with van der Waals surface area (Å²) in [6.45, 7) is 0.274. The van der Waals surface area contributed by atoms with Gasteiger partial charge in [0.25, 0.3) is 5.56 Å². The van der Waals surface area contributed by atoms with E-state index in [2.05, 4.69) is 4.98 Å². The highest BCUT2D eigenvalue weighted by Crippen LogP contribution is 2.35. The van der Waals surface area contributed by atoms with Gasteiger partial charge in [0.1, 0.15) is 28.9 Å². The van der Waals surface area contributed by atoms with E-state index in [1.807, 2.05) is 30.3 Å². The fourth-order valence-electron chi connectivity index (χ4n) is 3.41. The standard InChI is InChI=1S/C23H20N2O6S/c1-28-16-4-2-14(3-5-16)21-9-18-22(32-21)23(27)25(12-24-18)10-15(26)11-29-17-6-7-19-20(8-17)31-13-30-19/h2-9,12,15,26H,10-11,13H2,1H3. The first-order valence-electron chi connectivity index (χ1n) is 9.94. The maximum Gasteiger partial charge on any atom is 0.271 e. The average molecular weight is 452 g/mol. The van der Waals surface area contributed by atoms with Crippen LogP contribution in [0.3, 0.4) is 0 Å². The van der Waals surface area contributed by atoms with Gasteiger partial charge in [0.2, 0.25) is 6.79 Å². The molecule has 1 atom stereocenters. The van der Waals surface area contributed by atoms with E-state index in [0.29, 0.717) is 27.5 Å². The van der Waals surface area contributed by atoms with Crippen LogP contribution in [-0.4, -0.2) is 41.3 Å². The lowest BCUT2D eigenvalue weighted by Gasteiger charge is -2.14. The van der Waals surface area contributed by atoms with Gasteiger partial charge in [-0.05, 0) is 48.0 Å². The number of rotatable bonds is 7. The number of fused-ring (bicyclic) bond motifs is 2. The van der Waals surface area contributed by atoms with Crippen molar-refractivity contribution >= 4 is 21.6 Å². The number of hydrogen-bond acceptors (Lipinski definition) is 8. The number of aliphatic hydroxyl groups is 1. The number of ether oxygens (including phenoxy) is 4. The Labute approximate surface area is 187 Å². The minimum absolute atomic E-state index is 0.0195. The lowest BCUT2D eigenvalue weighted by molar-refractivity contribution is 0.0913. The summed E-state index contributed by atoms with van der Waals surface area (Å²) in [7, 11) is 1.62. The largest absolute Gasteiger partial charge is 0.497 e. The Hall–Kier alpha value is -3.56. The Morgan fingerprint density at radius 1 is 1.12 bits per heavy atom. The molecular formula is C23H20N2O6S. The minimum atomic E-state index is -0.890. The second-order valence-electron chi connectivity index (χ2n) is 7.24. The van der Waals surface area contributed by atoms with Crippen molar-refractivity contribution in [2.24, 2.45) is 0 Å². The van der Waals surface area contributed by atoms with Gasteiger partial charge >= 0.3 is 0 Å². The molecule has 2 aromatic carbocycles. The first-order valence-corrected chi connectivity index (χ1v) is 10.8. The van der Waals surface area contributed by atoms with Gasteiger partial charge in [-0.1, -0.05) is 0 Å². The highest BCUT2D eigenvalue weighted by Gasteiger charge is 2.16. The SMILES string of the molecule is COc1ccc(-c2cc3ncn(CC(O)COc4ccc5c(c4)OCO5)c(=O)c3s2)cc1. The number of hydrogen-bond donors (Lipinski definition) is 1. The minimum Gasteiger partial charge on any atom is -0.497 e. The molecule has 0 bridgehead atoms. The zero-order valence-corrected chi connectivity index (χ0v) is 18.0. The maximum atomic E-state index is 12.9. The van der Waals surface area contributed by atoms with E-state index in [4.69, 9.17) is 18.9 Å². The summed E-state index contributed by atoms with van der Waals surface area (Å²) < 4.78 is 23.4. The third-order valence-electron chi connectivity index (χ3n) is 5.07. The van der Waals surface area contributed by atoms with Crippen molar-refractivity contribution in [1.29, 1.82) is 0 Å². The molecule has 0 fully saturated rings. The molecule has 164 valence electrons. The van der Waals surface area contributed by atoms with Crippen LogP contribution in [0.2, 0.25) is 0 Å². The lowest BCUT2D eigenvalue weighted by atomic mass is 10.2. The molecule has 0 saturated carbocycles. The normalized spacial score (nSPS) is 13.3. The van der Waals surface area contributed by atoms with Gasteiger partial charge in [0.15, 0.2) is 11.5 Å². The summed E-state index contributed by atoms with van der Waals surface area (Å²) in [6.07, 6.45) is 0.567. The Kier molecular flexibility index (Phi) is 5.42. The van der Waals surface area contributed by atoms with Crippen LogP contribution in [0.15, 0.2) is 59.7 Å². The highest BCUT2D eigenvalue weighted by atomic mass is 32.1. The molecule has 32 heavy (non-hydrogen) atoms. The summed E-state index contributed by atoms with van der Waals surface area (Å²) in [4.78, 5) is 18.3. The van der Waals surface area contributed by atoms with Gasteiger partial charge in [0.05, 0.1) is 25.5 Å². The average Bonchev–Trinajstić information content (AvgIpc) is 3.47. The summed E-state index contributed by atoms with van der Waals surface area (Å²) in [6, 6.07) is 14.7. The molecule has 4 aromatic rings. The van der Waals surface area contributed by atoms with Crippen molar-refractivity contribution in [3.8, 4) is 33.4 Å². The van der Waals surface area contributed by atoms with Crippen molar-refractivity contribution in [2.45, 2.75) is 12.6 Å². The van der Waals surface area contributed by atoms with Crippen LogP contribution >= 0.6 is 11.3 Å². The highest BCUT2D eigenvalue weighted by molar-refractivity contribution is 7.22. The molecule has 1 unspecified atom stereocenters.